The predicted octanol–water partition coefficient (Wildman–Crippen LogP) is 4.22. The van der Waals surface area contributed by atoms with E-state index < -0.39 is 11.7 Å². The number of hydrazone groups is 1. The van der Waals surface area contributed by atoms with Gasteiger partial charge in [-0.25, -0.2) is 15.0 Å². The molecule has 1 aromatic carbocycles. The number of urea groups is 1. The fraction of sp³-hybridized carbons (Fsp3) is 0.571. The Balaban J connectivity index is 1.95. The van der Waals surface area contributed by atoms with Crippen LogP contribution in [-0.4, -0.2) is 36.5 Å². The van der Waals surface area contributed by atoms with Crippen LogP contribution in [0, 0.1) is 0 Å². The molecule has 154 valence electrons. The number of carbonyl (C=O) groups excluding carboxylic acids is 2. The largest absolute Gasteiger partial charge is 0.444 e. The second-order valence-corrected chi connectivity index (χ2v) is 7.97. The van der Waals surface area contributed by atoms with Crippen molar-refractivity contribution in [1.82, 2.24) is 10.7 Å². The van der Waals surface area contributed by atoms with Gasteiger partial charge in [0.2, 0.25) is 0 Å². The van der Waals surface area contributed by atoms with Crippen LogP contribution in [0.5, 0.6) is 0 Å². The van der Waals surface area contributed by atoms with Crippen molar-refractivity contribution in [3.63, 3.8) is 0 Å². The lowest BCUT2D eigenvalue weighted by Gasteiger charge is -2.28. The van der Waals surface area contributed by atoms with Gasteiger partial charge < -0.3 is 10.1 Å². The van der Waals surface area contributed by atoms with Crippen LogP contribution < -0.4 is 15.6 Å². The van der Waals surface area contributed by atoms with Gasteiger partial charge in [0.05, 0.1) is 6.04 Å². The van der Waals surface area contributed by atoms with Crippen molar-refractivity contribution in [2.24, 2.45) is 5.10 Å². The highest BCUT2D eigenvalue weighted by atomic mass is 16.6. The summed E-state index contributed by atoms with van der Waals surface area (Å²) in [6.45, 7) is 8.19. The van der Waals surface area contributed by atoms with Gasteiger partial charge in [-0.05, 0) is 51.7 Å². The zero-order chi connectivity index (χ0) is 20.6. The molecule has 1 atom stereocenters. The Morgan fingerprint density at radius 2 is 2.07 bits per heavy atom. The maximum Gasteiger partial charge on any atom is 0.408 e. The number of para-hydroxylation sites is 1. The number of nitrogens with zero attached hydrogens (tertiary/aromatic N) is 2. The van der Waals surface area contributed by atoms with Gasteiger partial charge in [0.1, 0.15) is 5.60 Å². The van der Waals surface area contributed by atoms with E-state index in [0.29, 0.717) is 6.54 Å². The van der Waals surface area contributed by atoms with Crippen LogP contribution in [0.3, 0.4) is 0 Å². The lowest BCUT2D eigenvalue weighted by molar-refractivity contribution is 0.0517. The third-order valence-corrected chi connectivity index (χ3v) is 4.34. The molecule has 0 aliphatic carbocycles. The van der Waals surface area contributed by atoms with Gasteiger partial charge in [0.15, 0.2) is 0 Å². The first-order valence-electron chi connectivity index (χ1n) is 9.98. The quantitative estimate of drug-likeness (QED) is 0.565. The summed E-state index contributed by atoms with van der Waals surface area (Å²) >= 11 is 0. The van der Waals surface area contributed by atoms with Crippen LogP contribution in [-0.2, 0) is 11.2 Å². The van der Waals surface area contributed by atoms with E-state index in [2.05, 4.69) is 22.8 Å². The fourth-order valence-electron chi connectivity index (χ4n) is 3.05. The number of benzene rings is 1. The predicted molar refractivity (Wildman–Crippen MR) is 112 cm³/mol. The zero-order valence-corrected chi connectivity index (χ0v) is 17.3. The first-order chi connectivity index (χ1) is 13.3. The van der Waals surface area contributed by atoms with Gasteiger partial charge >= 0.3 is 12.1 Å². The molecule has 1 aromatic rings. The van der Waals surface area contributed by atoms with Crippen molar-refractivity contribution in [3.05, 3.63) is 29.8 Å². The number of alkyl carbamates (subject to hydrolysis) is 1. The maximum atomic E-state index is 12.6. The molecule has 0 spiro atoms. The van der Waals surface area contributed by atoms with E-state index in [0.717, 1.165) is 37.8 Å². The molecule has 7 heteroatoms. The summed E-state index contributed by atoms with van der Waals surface area (Å²) in [5.41, 5.74) is 4.12. The summed E-state index contributed by atoms with van der Waals surface area (Å²) in [7, 11) is 0. The summed E-state index contributed by atoms with van der Waals surface area (Å²) in [4.78, 5) is 26.3. The molecule has 0 radical (unpaired) electrons. The van der Waals surface area contributed by atoms with Crippen molar-refractivity contribution >= 4 is 24.0 Å². The molecule has 0 aromatic heterocycles. The van der Waals surface area contributed by atoms with Crippen molar-refractivity contribution < 1.29 is 14.3 Å². The van der Waals surface area contributed by atoms with Gasteiger partial charge in [0.25, 0.3) is 0 Å². The van der Waals surface area contributed by atoms with Gasteiger partial charge in [0, 0.05) is 18.4 Å². The Hall–Kier alpha value is -2.57. The first kappa shape index (κ1) is 21.7. The standard InChI is InChI=1S/C21H32N4O3/c1-5-6-12-17(23-20(27)28-21(2,3)4)15-22-24-19(26)25-14-9-11-16-10-7-8-13-18(16)25/h7-8,10,13,15,17H,5-6,9,11-12,14H2,1-4H3,(H,23,27)(H,24,26)/t17-/m0/s1. The average Bonchev–Trinajstić information content (AvgIpc) is 2.63. The summed E-state index contributed by atoms with van der Waals surface area (Å²) in [6, 6.07) is 7.34. The van der Waals surface area contributed by atoms with Crippen LogP contribution in [0.4, 0.5) is 15.3 Å². The normalized spacial score (nSPS) is 15.1. The second kappa shape index (κ2) is 10.1. The van der Waals surface area contributed by atoms with Crippen molar-refractivity contribution in [3.8, 4) is 0 Å². The van der Waals surface area contributed by atoms with E-state index in [1.54, 1.807) is 11.1 Å². The molecule has 0 bridgehead atoms. The molecule has 7 nitrogen and oxygen atoms in total. The van der Waals surface area contributed by atoms with Crippen molar-refractivity contribution in [2.45, 2.75) is 71.4 Å². The van der Waals surface area contributed by atoms with Crippen molar-refractivity contribution in [1.29, 1.82) is 0 Å². The number of hydrogen-bond acceptors (Lipinski definition) is 4. The summed E-state index contributed by atoms with van der Waals surface area (Å²) in [6.07, 6.45) is 5.62. The minimum Gasteiger partial charge on any atom is -0.444 e. The van der Waals surface area contributed by atoms with Gasteiger partial charge in [-0.3, -0.25) is 4.90 Å². The van der Waals surface area contributed by atoms with Gasteiger partial charge in [-0.2, -0.15) is 5.10 Å². The number of fused-ring (bicyclic) bond motifs is 1. The minimum atomic E-state index is -0.563. The number of unbranched alkanes of at least 4 members (excludes halogenated alkanes) is 1. The number of nitrogens with one attached hydrogen (secondary N) is 2. The molecular formula is C21H32N4O3. The minimum absolute atomic E-state index is 0.269. The van der Waals surface area contributed by atoms with Crippen LogP contribution in [0.25, 0.3) is 0 Å². The van der Waals surface area contributed by atoms with Crippen LogP contribution in [0.2, 0.25) is 0 Å². The fourth-order valence-corrected chi connectivity index (χ4v) is 3.05. The van der Waals surface area contributed by atoms with Gasteiger partial charge in [-0.15, -0.1) is 0 Å². The molecule has 28 heavy (non-hydrogen) atoms. The molecule has 2 N–H and O–H groups in total. The molecule has 2 rings (SSSR count). The van der Waals surface area contributed by atoms with E-state index in [9.17, 15) is 9.59 Å². The third-order valence-electron chi connectivity index (χ3n) is 4.34. The second-order valence-electron chi connectivity index (χ2n) is 7.97. The number of rotatable bonds is 6. The van der Waals surface area contributed by atoms with E-state index in [1.165, 1.54) is 5.56 Å². The third kappa shape index (κ3) is 6.87. The molecule has 3 amide bonds. The zero-order valence-electron chi connectivity index (χ0n) is 17.3. The molecule has 0 saturated carbocycles. The Bertz CT molecular complexity index is 697. The number of anilines is 1. The highest BCUT2D eigenvalue weighted by molar-refractivity contribution is 5.93. The van der Waals surface area contributed by atoms with Gasteiger partial charge in [-0.1, -0.05) is 38.0 Å². The highest BCUT2D eigenvalue weighted by Crippen LogP contribution is 2.26. The topological polar surface area (TPSA) is 83.0 Å². The summed E-state index contributed by atoms with van der Waals surface area (Å²) in [5.74, 6) is 0. The Morgan fingerprint density at radius 3 is 2.79 bits per heavy atom. The first-order valence-corrected chi connectivity index (χ1v) is 9.98. The van der Waals surface area contributed by atoms with E-state index >= 15 is 0 Å². The number of hydrogen-bond donors (Lipinski definition) is 2. The lowest BCUT2D eigenvalue weighted by Crippen LogP contribution is -2.42. The number of amides is 3. The smallest absolute Gasteiger partial charge is 0.408 e. The Labute approximate surface area is 167 Å². The van der Waals surface area contributed by atoms with Crippen LogP contribution in [0.15, 0.2) is 29.4 Å². The number of ether oxygens (including phenoxy) is 1. The SMILES string of the molecule is CCCC[C@@H](C=NNC(=O)N1CCCc2ccccc21)NC(=O)OC(C)(C)C. The van der Waals surface area contributed by atoms with E-state index in [-0.39, 0.29) is 12.1 Å². The molecule has 0 unspecified atom stereocenters. The Kier molecular flexibility index (Phi) is 7.84. The molecular weight excluding hydrogens is 356 g/mol. The monoisotopic (exact) mass is 388 g/mol. The summed E-state index contributed by atoms with van der Waals surface area (Å²) < 4.78 is 5.30. The molecule has 0 saturated heterocycles. The van der Waals surface area contributed by atoms with E-state index in [1.807, 2.05) is 45.0 Å². The molecule has 0 fully saturated rings. The maximum absolute atomic E-state index is 12.6. The average molecular weight is 389 g/mol. The van der Waals surface area contributed by atoms with Crippen molar-refractivity contribution in [2.75, 3.05) is 11.4 Å². The molecule has 1 aliphatic rings. The van der Waals surface area contributed by atoms with Crippen LogP contribution in [0.1, 0.15) is 58.9 Å². The lowest BCUT2D eigenvalue weighted by atomic mass is 10.0. The van der Waals surface area contributed by atoms with Crippen LogP contribution >= 0.6 is 0 Å². The highest BCUT2D eigenvalue weighted by Gasteiger charge is 2.22. The number of carbonyl (C=O) groups is 2. The number of aryl methyl sites for hydroxylation is 1. The summed E-state index contributed by atoms with van der Waals surface area (Å²) in [5, 5.41) is 6.89. The Morgan fingerprint density at radius 1 is 1.32 bits per heavy atom. The van der Waals surface area contributed by atoms with E-state index in [4.69, 9.17) is 4.74 Å². The molecule has 1 heterocycles. The molecule has 1 aliphatic heterocycles.